The van der Waals surface area contributed by atoms with E-state index in [-0.39, 0.29) is 13.5 Å². The molecule has 0 aliphatic carbocycles. The van der Waals surface area contributed by atoms with Crippen LogP contribution in [0.5, 0.6) is 0 Å². The lowest BCUT2D eigenvalue weighted by atomic mass is 10.4. The van der Waals surface area contributed by atoms with Crippen LogP contribution < -0.4 is 0 Å². The zero-order valence-electron chi connectivity index (χ0n) is 4.03. The lowest BCUT2D eigenvalue weighted by molar-refractivity contribution is 1.04. The van der Waals surface area contributed by atoms with Crippen LogP contribution >= 0.6 is 25.3 Å². The van der Waals surface area contributed by atoms with Gasteiger partial charge in [-0.1, -0.05) is 0 Å². The molecule has 7 heavy (non-hydrogen) atoms. The van der Waals surface area contributed by atoms with Gasteiger partial charge in [0.25, 0.3) is 0 Å². The van der Waals surface area contributed by atoms with Crippen LogP contribution in [0.3, 0.4) is 0 Å². The van der Waals surface area contributed by atoms with Gasteiger partial charge in [0.1, 0.15) is 0 Å². The van der Waals surface area contributed by atoms with Crippen LogP contribution in [0.4, 0.5) is 0 Å². The van der Waals surface area contributed by atoms with E-state index in [4.69, 9.17) is 5.41 Å². The summed E-state index contributed by atoms with van der Waals surface area (Å²) in [6.07, 6.45) is 2.26. The van der Waals surface area contributed by atoms with Gasteiger partial charge in [0.2, 0.25) is 0 Å². The van der Waals surface area contributed by atoms with Gasteiger partial charge in [-0.25, -0.2) is 0 Å². The molecule has 0 radical (unpaired) electrons. The van der Waals surface area contributed by atoms with Gasteiger partial charge in [-0.2, -0.15) is 13.5 Å². The van der Waals surface area contributed by atoms with Crippen molar-refractivity contribution in [3.63, 3.8) is 0 Å². The largest absolute Gasteiger partial charge is 0.298 e. The first kappa shape index (κ1) is 7.37. The van der Waals surface area contributed by atoms with Crippen LogP contribution in [0, 0.1) is 5.41 Å². The predicted molar refractivity (Wildman–Crippen MR) is 39.8 cm³/mol. The molecule has 1 nitrogen and oxygen atoms in total. The molecule has 1 heterocycles. The molecule has 0 atom stereocenters. The Morgan fingerprint density at radius 1 is 1.57 bits per heavy atom. The molecule has 1 aliphatic rings. The van der Waals surface area contributed by atoms with Gasteiger partial charge in [0, 0.05) is 0 Å². The SMILES string of the molecule is N=C1CCCS1.S. The molecule has 1 aliphatic heterocycles. The fourth-order valence-electron chi connectivity index (χ4n) is 0.500. The van der Waals surface area contributed by atoms with Gasteiger partial charge in [0.05, 0.1) is 5.04 Å². The molecule has 1 saturated heterocycles. The average molecular weight is 135 g/mol. The van der Waals surface area contributed by atoms with Crippen LogP contribution in [0.1, 0.15) is 12.8 Å². The molecule has 0 bridgehead atoms. The van der Waals surface area contributed by atoms with E-state index in [0.29, 0.717) is 0 Å². The highest BCUT2D eigenvalue weighted by Gasteiger charge is 2.04. The van der Waals surface area contributed by atoms with Gasteiger partial charge < -0.3 is 0 Å². The van der Waals surface area contributed by atoms with Crippen LogP contribution in [-0.2, 0) is 0 Å². The molecule has 0 spiro atoms. The van der Waals surface area contributed by atoms with E-state index in [1.807, 2.05) is 0 Å². The third kappa shape index (κ3) is 2.24. The van der Waals surface area contributed by atoms with Crippen LogP contribution in [0.25, 0.3) is 0 Å². The number of rotatable bonds is 0. The molecular weight excluding hydrogens is 126 g/mol. The zero-order valence-corrected chi connectivity index (χ0v) is 5.85. The maximum Gasteiger partial charge on any atom is 0.0641 e. The number of nitrogens with one attached hydrogen (secondary N) is 1. The van der Waals surface area contributed by atoms with E-state index in [9.17, 15) is 0 Å². The average Bonchev–Trinajstić information content (AvgIpc) is 1.86. The minimum absolute atomic E-state index is 0. The predicted octanol–water partition coefficient (Wildman–Crippen LogP) is 1.60. The Balaban J connectivity index is 0.000000360. The molecule has 42 valence electrons. The van der Waals surface area contributed by atoms with Crippen molar-refractivity contribution in [1.82, 2.24) is 0 Å². The van der Waals surface area contributed by atoms with E-state index in [2.05, 4.69) is 0 Å². The topological polar surface area (TPSA) is 23.9 Å². The Bertz CT molecular complexity index is 64.1. The van der Waals surface area contributed by atoms with Crippen molar-refractivity contribution in [2.75, 3.05) is 5.75 Å². The van der Waals surface area contributed by atoms with Crippen molar-refractivity contribution in [1.29, 1.82) is 5.41 Å². The van der Waals surface area contributed by atoms with Gasteiger partial charge in [-0.3, -0.25) is 5.41 Å². The van der Waals surface area contributed by atoms with E-state index >= 15 is 0 Å². The van der Waals surface area contributed by atoms with Crippen molar-refractivity contribution in [3.8, 4) is 0 Å². The molecule has 0 aromatic carbocycles. The summed E-state index contributed by atoms with van der Waals surface area (Å²) in [4.78, 5) is 0. The summed E-state index contributed by atoms with van der Waals surface area (Å²) in [5, 5.41) is 7.88. The lowest BCUT2D eigenvalue weighted by Gasteiger charge is -1.77. The standard InChI is InChI=1S/C4H7NS.H2S/c5-4-2-1-3-6-4;/h5H,1-3H2;1H2. The zero-order chi connectivity index (χ0) is 4.41. The smallest absolute Gasteiger partial charge is 0.0641 e. The Morgan fingerprint density at radius 2 is 2.29 bits per heavy atom. The molecule has 0 aromatic rings. The summed E-state index contributed by atoms with van der Waals surface area (Å²) in [5.41, 5.74) is 0. The quantitative estimate of drug-likeness (QED) is 0.536. The van der Waals surface area contributed by atoms with Gasteiger partial charge in [0.15, 0.2) is 0 Å². The van der Waals surface area contributed by atoms with Crippen molar-refractivity contribution in [3.05, 3.63) is 0 Å². The molecular formula is C4H9NS2. The van der Waals surface area contributed by atoms with Gasteiger partial charge >= 0.3 is 0 Å². The molecule has 0 saturated carbocycles. The van der Waals surface area contributed by atoms with E-state index in [1.165, 1.54) is 12.2 Å². The summed E-state index contributed by atoms with van der Waals surface area (Å²) < 4.78 is 0. The molecule has 0 amide bonds. The summed E-state index contributed by atoms with van der Waals surface area (Å²) in [7, 11) is 0. The summed E-state index contributed by atoms with van der Waals surface area (Å²) >= 11 is 1.68. The van der Waals surface area contributed by atoms with Crippen molar-refractivity contribution in [2.24, 2.45) is 0 Å². The van der Waals surface area contributed by atoms with E-state index in [1.54, 1.807) is 11.8 Å². The monoisotopic (exact) mass is 135 g/mol. The van der Waals surface area contributed by atoms with Crippen molar-refractivity contribution >= 4 is 30.3 Å². The highest BCUT2D eigenvalue weighted by Crippen LogP contribution is 2.17. The Morgan fingerprint density at radius 3 is 2.43 bits per heavy atom. The second kappa shape index (κ2) is 3.38. The summed E-state index contributed by atoms with van der Waals surface area (Å²) in [6, 6.07) is 0. The molecule has 3 heteroatoms. The third-order valence-corrected chi connectivity index (χ3v) is 1.87. The highest BCUT2D eigenvalue weighted by atomic mass is 32.2. The Kier molecular flexibility index (Phi) is 3.56. The second-order valence-electron chi connectivity index (χ2n) is 1.38. The minimum Gasteiger partial charge on any atom is -0.298 e. The molecule has 1 fully saturated rings. The first-order valence-corrected chi connectivity index (χ1v) is 3.08. The summed E-state index contributed by atoms with van der Waals surface area (Å²) in [6.45, 7) is 0. The maximum atomic E-state index is 7.01. The Labute approximate surface area is 54.8 Å². The number of thioether (sulfide) groups is 1. The first-order valence-electron chi connectivity index (χ1n) is 2.10. The van der Waals surface area contributed by atoms with Gasteiger partial charge in [-0.05, 0) is 18.6 Å². The van der Waals surface area contributed by atoms with Crippen LogP contribution in [-0.4, -0.2) is 10.8 Å². The molecule has 0 unspecified atom stereocenters. The number of hydrogen-bond acceptors (Lipinski definition) is 2. The van der Waals surface area contributed by atoms with Gasteiger partial charge in [-0.15, -0.1) is 11.8 Å². The van der Waals surface area contributed by atoms with Crippen molar-refractivity contribution in [2.45, 2.75) is 12.8 Å². The Hall–Kier alpha value is 0.370. The third-order valence-electron chi connectivity index (χ3n) is 0.824. The maximum absolute atomic E-state index is 7.01. The lowest BCUT2D eigenvalue weighted by Crippen LogP contribution is -1.73. The summed E-state index contributed by atoms with van der Waals surface area (Å²) in [5.74, 6) is 1.18. The van der Waals surface area contributed by atoms with E-state index in [0.717, 1.165) is 11.5 Å². The molecule has 1 N–H and O–H groups in total. The van der Waals surface area contributed by atoms with Crippen molar-refractivity contribution < 1.29 is 0 Å². The number of hydrogen-bond donors (Lipinski definition) is 1. The van der Waals surface area contributed by atoms with Crippen LogP contribution in [0.15, 0.2) is 0 Å². The van der Waals surface area contributed by atoms with Crippen LogP contribution in [0.2, 0.25) is 0 Å². The normalized spacial score (nSPS) is 19.1. The second-order valence-corrected chi connectivity index (χ2v) is 2.56. The fourth-order valence-corrected chi connectivity index (χ4v) is 1.32. The van der Waals surface area contributed by atoms with E-state index < -0.39 is 0 Å². The molecule has 0 aromatic heterocycles. The molecule has 1 rings (SSSR count). The highest BCUT2D eigenvalue weighted by molar-refractivity contribution is 8.14. The minimum atomic E-state index is 0. The first-order chi connectivity index (χ1) is 2.89. The fraction of sp³-hybridized carbons (Fsp3) is 0.750.